The number of carbonyl (C=O) groups excluding carboxylic acids is 2. The summed E-state index contributed by atoms with van der Waals surface area (Å²) in [5.74, 6) is -2.50. The fourth-order valence-electron chi connectivity index (χ4n) is 5.27. The molecule has 0 saturated heterocycles. The van der Waals surface area contributed by atoms with Crippen LogP contribution >= 0.6 is 7.82 Å². The molecule has 0 aromatic heterocycles. The van der Waals surface area contributed by atoms with Gasteiger partial charge >= 0.3 is 25.7 Å². The van der Waals surface area contributed by atoms with Crippen molar-refractivity contribution in [2.75, 3.05) is 19.8 Å². The number of rotatable bonds is 40. The van der Waals surface area contributed by atoms with Gasteiger partial charge in [-0.3, -0.25) is 23.4 Å². The minimum atomic E-state index is -4.75. The average Bonchev–Trinajstić information content (AvgIpc) is 3.22. The molecule has 0 spiro atoms. The Kier molecular flexibility index (Phi) is 39.6. The maximum atomic E-state index is 12.6. The molecule has 0 rings (SSSR count). The van der Waals surface area contributed by atoms with E-state index in [1.807, 2.05) is 12.2 Å². The average molecular weight is 860 g/mol. The molecule has 3 atom stereocenters. The van der Waals surface area contributed by atoms with Gasteiger partial charge in [0, 0.05) is 12.8 Å². The number of carboxylic acid groups (broad SMARTS) is 1. The van der Waals surface area contributed by atoms with Crippen molar-refractivity contribution in [2.45, 2.75) is 167 Å². The van der Waals surface area contributed by atoms with Crippen molar-refractivity contribution in [3.05, 3.63) is 97.2 Å². The zero-order valence-corrected chi connectivity index (χ0v) is 37.6. The second-order valence-electron chi connectivity index (χ2n) is 14.5. The van der Waals surface area contributed by atoms with Crippen LogP contribution in [0.1, 0.15) is 155 Å². The molecule has 4 N–H and O–H groups in total. The van der Waals surface area contributed by atoms with E-state index in [0.717, 1.165) is 70.6 Å². The third-order valence-electron chi connectivity index (χ3n) is 8.80. The molecule has 0 aliphatic carbocycles. The van der Waals surface area contributed by atoms with E-state index in [0.29, 0.717) is 19.3 Å². The first-order chi connectivity index (χ1) is 29.1. The van der Waals surface area contributed by atoms with Crippen LogP contribution in [0.15, 0.2) is 97.2 Å². The Morgan fingerprint density at radius 2 is 0.900 bits per heavy atom. The number of hydrogen-bond donors (Lipinski definition) is 3. The summed E-state index contributed by atoms with van der Waals surface area (Å²) in [6.45, 7) is 2.64. The molecule has 0 bridgehead atoms. The van der Waals surface area contributed by atoms with Gasteiger partial charge in [0.2, 0.25) is 0 Å². The third kappa shape index (κ3) is 41.1. The Hall–Kier alpha value is -3.60. The molecule has 0 aliphatic rings. The number of unbranched alkanes of at least 4 members (excludes halogenated alkanes) is 10. The molecule has 0 fully saturated rings. The fraction of sp³-hybridized carbons (Fsp3) is 0.604. The van der Waals surface area contributed by atoms with Crippen LogP contribution in [0.25, 0.3) is 0 Å². The Labute approximate surface area is 362 Å². The van der Waals surface area contributed by atoms with Crippen LogP contribution < -0.4 is 5.73 Å². The number of esters is 2. The van der Waals surface area contributed by atoms with Crippen molar-refractivity contribution in [3.8, 4) is 0 Å². The zero-order chi connectivity index (χ0) is 44.2. The summed E-state index contributed by atoms with van der Waals surface area (Å²) in [7, 11) is -4.75. The predicted molar refractivity (Wildman–Crippen MR) is 244 cm³/mol. The lowest BCUT2D eigenvalue weighted by atomic mass is 10.1. The summed E-state index contributed by atoms with van der Waals surface area (Å²) in [4.78, 5) is 46.0. The zero-order valence-electron chi connectivity index (χ0n) is 36.8. The predicted octanol–water partition coefficient (Wildman–Crippen LogP) is 12.1. The SMILES string of the molecule is CCCCC/C=C\C/C=C\C/C=C\C/C=C\CCCCCC(=O)O[C@H](COC(=O)CCC/C=C\C/C=C\C/C=C\C/C=C\CCCCC)COP(=O)(O)OC[C@H](N)C(=O)O. The minimum Gasteiger partial charge on any atom is -0.480 e. The summed E-state index contributed by atoms with van der Waals surface area (Å²) >= 11 is 0. The molecular formula is C48H78NO10P. The van der Waals surface area contributed by atoms with Gasteiger partial charge in [-0.05, 0) is 96.3 Å². The van der Waals surface area contributed by atoms with Gasteiger partial charge in [-0.15, -0.1) is 0 Å². The first-order valence-electron chi connectivity index (χ1n) is 22.3. The van der Waals surface area contributed by atoms with E-state index in [-0.39, 0.29) is 12.8 Å². The maximum absolute atomic E-state index is 12.6. The second-order valence-corrected chi connectivity index (χ2v) is 15.9. The molecule has 0 aromatic rings. The van der Waals surface area contributed by atoms with Gasteiger partial charge in [0.05, 0.1) is 13.2 Å². The highest BCUT2D eigenvalue weighted by Crippen LogP contribution is 2.43. The Balaban J connectivity index is 4.54. The highest BCUT2D eigenvalue weighted by molar-refractivity contribution is 7.47. The van der Waals surface area contributed by atoms with E-state index in [9.17, 15) is 23.8 Å². The van der Waals surface area contributed by atoms with Crippen LogP contribution in [0.4, 0.5) is 0 Å². The monoisotopic (exact) mass is 860 g/mol. The van der Waals surface area contributed by atoms with Crippen LogP contribution in [0.2, 0.25) is 0 Å². The van der Waals surface area contributed by atoms with Crippen LogP contribution in [-0.2, 0) is 37.5 Å². The number of carbonyl (C=O) groups is 3. The normalized spacial score (nSPS) is 14.6. The number of phosphoric ester groups is 1. The lowest BCUT2D eigenvalue weighted by Crippen LogP contribution is -2.34. The van der Waals surface area contributed by atoms with Crippen molar-refractivity contribution in [1.82, 2.24) is 0 Å². The van der Waals surface area contributed by atoms with E-state index in [1.165, 1.54) is 38.5 Å². The molecule has 0 aliphatic heterocycles. The second kappa shape index (κ2) is 42.1. The van der Waals surface area contributed by atoms with E-state index < -0.39 is 57.7 Å². The number of nitrogens with two attached hydrogens (primary N) is 1. The van der Waals surface area contributed by atoms with Crippen molar-refractivity contribution in [2.24, 2.45) is 5.73 Å². The van der Waals surface area contributed by atoms with Crippen molar-refractivity contribution in [3.63, 3.8) is 0 Å². The van der Waals surface area contributed by atoms with Gasteiger partial charge in [0.15, 0.2) is 6.10 Å². The van der Waals surface area contributed by atoms with Gasteiger partial charge in [-0.1, -0.05) is 143 Å². The summed E-state index contributed by atoms with van der Waals surface area (Å²) < 4.78 is 32.6. The summed E-state index contributed by atoms with van der Waals surface area (Å²) in [5, 5.41) is 8.89. The van der Waals surface area contributed by atoms with E-state index in [1.54, 1.807) is 0 Å². The smallest absolute Gasteiger partial charge is 0.472 e. The number of allylic oxidation sites excluding steroid dienone is 16. The number of phosphoric acid groups is 1. The molecule has 11 nitrogen and oxygen atoms in total. The first-order valence-corrected chi connectivity index (χ1v) is 23.8. The van der Waals surface area contributed by atoms with Crippen molar-refractivity contribution in [1.29, 1.82) is 0 Å². The molecular weight excluding hydrogens is 781 g/mol. The van der Waals surface area contributed by atoms with E-state index in [4.69, 9.17) is 24.8 Å². The third-order valence-corrected chi connectivity index (χ3v) is 9.76. The van der Waals surface area contributed by atoms with Gasteiger partial charge in [-0.25, -0.2) is 4.57 Å². The minimum absolute atomic E-state index is 0.106. The quantitative estimate of drug-likeness (QED) is 0.0232. The van der Waals surface area contributed by atoms with E-state index >= 15 is 0 Å². The lowest BCUT2D eigenvalue weighted by molar-refractivity contribution is -0.161. The maximum Gasteiger partial charge on any atom is 0.472 e. The molecule has 0 saturated carbocycles. The van der Waals surface area contributed by atoms with Crippen molar-refractivity contribution >= 4 is 25.7 Å². The van der Waals surface area contributed by atoms with Crippen LogP contribution in [0.3, 0.4) is 0 Å². The molecule has 1 unspecified atom stereocenters. The van der Waals surface area contributed by atoms with Gasteiger partial charge in [0.25, 0.3) is 0 Å². The van der Waals surface area contributed by atoms with Crippen molar-refractivity contribution < 1.29 is 47.5 Å². The largest absolute Gasteiger partial charge is 0.480 e. The molecule has 12 heteroatoms. The summed E-state index contributed by atoms with van der Waals surface area (Å²) in [6, 6.07) is -1.54. The van der Waals surface area contributed by atoms with Gasteiger partial charge in [-0.2, -0.15) is 0 Å². The first kappa shape index (κ1) is 56.4. The van der Waals surface area contributed by atoms with Crippen LogP contribution in [0.5, 0.6) is 0 Å². The highest BCUT2D eigenvalue weighted by atomic mass is 31.2. The standard InChI is InChI=1S/C48H78NO10P/c1-3-5-7-9-11-13-15-17-19-21-22-24-26-28-30-32-34-36-38-40-47(51)59-44(42-57-60(54,55)58-43-45(49)48(52)53)41-56-46(50)39-37-35-33-31-29-27-25-23-20-18-16-14-12-10-8-6-4-2/h11-14,17-20,22,24-25,27-28,30-31,33,44-45H,3-10,15-16,21,23,26,29,32,34-43,49H2,1-2H3,(H,52,53)(H,54,55)/b13-11-,14-12-,19-17-,20-18-,24-22-,27-25-,30-28-,33-31-/t44-,45+/m1/s1. The number of aliphatic carboxylic acids is 1. The summed E-state index contributed by atoms with van der Waals surface area (Å²) in [6.07, 6.45) is 53.3. The van der Waals surface area contributed by atoms with E-state index in [2.05, 4.69) is 103 Å². The number of ether oxygens (including phenoxy) is 2. The van der Waals surface area contributed by atoms with Gasteiger partial charge in [0.1, 0.15) is 12.6 Å². The lowest BCUT2D eigenvalue weighted by Gasteiger charge is -2.20. The fourth-order valence-corrected chi connectivity index (χ4v) is 6.05. The van der Waals surface area contributed by atoms with Crippen LogP contribution in [0, 0.1) is 0 Å². The summed E-state index contributed by atoms with van der Waals surface area (Å²) in [5.41, 5.74) is 5.33. The number of hydrogen-bond acceptors (Lipinski definition) is 9. The molecule has 340 valence electrons. The molecule has 60 heavy (non-hydrogen) atoms. The number of carboxylic acids is 1. The highest BCUT2D eigenvalue weighted by Gasteiger charge is 2.28. The Morgan fingerprint density at radius 3 is 1.33 bits per heavy atom. The van der Waals surface area contributed by atoms with Crippen LogP contribution in [-0.4, -0.2) is 59.9 Å². The van der Waals surface area contributed by atoms with Gasteiger partial charge < -0.3 is 25.2 Å². The molecule has 0 aromatic carbocycles. The Morgan fingerprint density at radius 1 is 0.517 bits per heavy atom. The Bertz CT molecular complexity index is 1380. The molecule has 0 radical (unpaired) electrons. The molecule has 0 heterocycles. The molecule has 0 amide bonds. The topological polar surface area (TPSA) is 172 Å².